The Kier molecular flexibility index (Phi) is 6.29. The minimum atomic E-state index is -1.16. The molecule has 0 bridgehead atoms. The second-order valence-electron chi connectivity index (χ2n) is 9.25. The number of benzene rings is 1. The van der Waals surface area contributed by atoms with Crippen molar-refractivity contribution in [1.82, 2.24) is 9.88 Å². The number of hydrogen-bond donors (Lipinski definition) is 3. The van der Waals surface area contributed by atoms with Gasteiger partial charge in [0.15, 0.2) is 0 Å². The monoisotopic (exact) mass is 416 g/mol. The third-order valence-corrected chi connectivity index (χ3v) is 5.54. The van der Waals surface area contributed by atoms with E-state index in [9.17, 15) is 19.8 Å². The van der Waals surface area contributed by atoms with E-state index < -0.39 is 17.6 Å². The van der Waals surface area contributed by atoms with Crippen LogP contribution in [0.25, 0.3) is 10.8 Å². The molecule has 30 heavy (non-hydrogen) atoms. The summed E-state index contributed by atoms with van der Waals surface area (Å²) < 4.78 is 7.90. The van der Waals surface area contributed by atoms with Gasteiger partial charge in [0, 0.05) is 11.9 Å². The van der Waals surface area contributed by atoms with Crippen LogP contribution in [0.3, 0.4) is 0 Å². The quantitative estimate of drug-likeness (QED) is 0.544. The number of nitrogens with zero attached hydrogens (tertiary/aromatic N) is 1. The first-order chi connectivity index (χ1) is 14.1. The lowest BCUT2D eigenvalue weighted by atomic mass is 9.83. The highest BCUT2D eigenvalue weighted by Crippen LogP contribution is 2.42. The number of unbranched alkanes of at least 4 members (excludes halogenated alkanes) is 1. The molecule has 1 aromatic heterocycles. The fraction of sp³-hybridized carbons (Fsp3) is 0.565. The second kappa shape index (κ2) is 8.58. The van der Waals surface area contributed by atoms with E-state index in [4.69, 9.17) is 4.74 Å². The molecule has 3 rings (SSSR count). The zero-order valence-electron chi connectivity index (χ0n) is 18.2. The van der Waals surface area contributed by atoms with Gasteiger partial charge in [0.05, 0.1) is 23.7 Å². The molecular formula is C23H32N2O5. The first kappa shape index (κ1) is 22.0. The largest absolute Gasteiger partial charge is 0.508 e. The number of aromatic nitrogens is 1. The van der Waals surface area contributed by atoms with Crippen LogP contribution < -0.4 is 15.6 Å². The van der Waals surface area contributed by atoms with E-state index in [1.165, 1.54) is 12.1 Å². The number of nitrogens with one attached hydrogen (secondary N) is 1. The lowest BCUT2D eigenvalue weighted by Gasteiger charge is -2.34. The molecule has 0 spiro atoms. The molecule has 7 heteroatoms. The highest BCUT2D eigenvalue weighted by molar-refractivity contribution is 5.90. The highest BCUT2D eigenvalue weighted by atomic mass is 16.5. The van der Waals surface area contributed by atoms with Crippen LogP contribution in [0.2, 0.25) is 0 Å². The van der Waals surface area contributed by atoms with Gasteiger partial charge in [-0.1, -0.05) is 34.1 Å². The molecule has 1 amide bonds. The van der Waals surface area contributed by atoms with Crippen molar-refractivity contribution < 1.29 is 19.7 Å². The normalized spacial score (nSPS) is 15.2. The number of phenols is 1. The van der Waals surface area contributed by atoms with Gasteiger partial charge < -0.3 is 24.8 Å². The Morgan fingerprint density at radius 2 is 2.00 bits per heavy atom. The molecule has 1 heterocycles. The first-order valence-corrected chi connectivity index (χ1v) is 10.6. The van der Waals surface area contributed by atoms with E-state index in [0.29, 0.717) is 41.3 Å². The molecular weight excluding hydrogens is 384 g/mol. The molecule has 164 valence electrons. The summed E-state index contributed by atoms with van der Waals surface area (Å²) in [6, 6.07) is 3.98. The van der Waals surface area contributed by atoms with Crippen molar-refractivity contribution >= 4 is 16.9 Å². The van der Waals surface area contributed by atoms with E-state index in [-0.39, 0.29) is 11.3 Å². The zero-order chi connectivity index (χ0) is 22.1. The summed E-state index contributed by atoms with van der Waals surface area (Å²) >= 11 is 0. The topological polar surface area (TPSA) is 101 Å². The summed E-state index contributed by atoms with van der Waals surface area (Å²) in [5.41, 5.74) is -0.157. The molecule has 1 aliphatic rings. The van der Waals surface area contributed by atoms with Crippen molar-refractivity contribution in [2.75, 3.05) is 6.61 Å². The first-order valence-electron chi connectivity index (χ1n) is 10.6. The molecule has 0 saturated heterocycles. The summed E-state index contributed by atoms with van der Waals surface area (Å²) in [6.45, 7) is 8.83. The number of hydrogen-bond acceptors (Lipinski definition) is 4. The maximum Gasteiger partial charge on any atom is 0.405 e. The molecule has 2 aromatic rings. The van der Waals surface area contributed by atoms with Crippen LogP contribution in [0.5, 0.6) is 11.5 Å². The second-order valence-corrected chi connectivity index (χ2v) is 9.25. The van der Waals surface area contributed by atoms with Crippen LogP contribution in [0.15, 0.2) is 23.0 Å². The number of fused-ring (bicyclic) bond motifs is 1. The number of carboxylic acid groups (broad SMARTS) is 1. The third kappa shape index (κ3) is 4.71. The number of carbonyl (C=O) groups is 1. The maximum absolute atomic E-state index is 13.5. The Morgan fingerprint density at radius 1 is 1.30 bits per heavy atom. The summed E-state index contributed by atoms with van der Waals surface area (Å²) in [5.74, 6) is 0.917. The molecule has 1 aliphatic carbocycles. The molecule has 1 aromatic carbocycles. The zero-order valence-corrected chi connectivity index (χ0v) is 18.2. The number of amides is 1. The Hall–Kier alpha value is -2.70. The van der Waals surface area contributed by atoms with Crippen molar-refractivity contribution in [3.05, 3.63) is 34.2 Å². The number of aromatic hydroxyl groups is 1. The highest BCUT2D eigenvalue weighted by Gasteiger charge is 2.36. The molecule has 0 radical (unpaired) electrons. The smallest absolute Gasteiger partial charge is 0.405 e. The van der Waals surface area contributed by atoms with Gasteiger partial charge in [-0.2, -0.15) is 0 Å². The van der Waals surface area contributed by atoms with E-state index in [2.05, 4.69) is 12.2 Å². The van der Waals surface area contributed by atoms with Gasteiger partial charge in [0.2, 0.25) is 0 Å². The van der Waals surface area contributed by atoms with Gasteiger partial charge in [0.1, 0.15) is 11.5 Å². The maximum atomic E-state index is 13.5. The lowest BCUT2D eigenvalue weighted by Crippen LogP contribution is -2.40. The van der Waals surface area contributed by atoms with Crippen molar-refractivity contribution in [2.45, 2.75) is 66.0 Å². The standard InChI is InChI=1S/C23H32N2O5/c1-5-6-11-30-19-17-12-15(26)9-10-16(17)21(27)25(13-14-7-8-14)18(19)20(23(2,3)4)24-22(28)29/h9-10,12,14,20,24,26H,5-8,11,13H2,1-4H3,(H,28,29). The molecule has 0 aliphatic heterocycles. The summed E-state index contributed by atoms with van der Waals surface area (Å²) in [5, 5.41) is 23.2. The van der Waals surface area contributed by atoms with E-state index in [0.717, 1.165) is 25.7 Å². The predicted molar refractivity (Wildman–Crippen MR) is 116 cm³/mol. The van der Waals surface area contributed by atoms with Gasteiger partial charge in [0.25, 0.3) is 5.56 Å². The van der Waals surface area contributed by atoms with Gasteiger partial charge in [-0.05, 0) is 48.8 Å². The molecule has 1 atom stereocenters. The summed E-state index contributed by atoms with van der Waals surface area (Å²) in [6.07, 6.45) is 2.72. The minimum absolute atomic E-state index is 0.0339. The third-order valence-electron chi connectivity index (χ3n) is 5.54. The molecule has 7 nitrogen and oxygen atoms in total. The Balaban J connectivity index is 2.34. The molecule has 3 N–H and O–H groups in total. The van der Waals surface area contributed by atoms with Gasteiger partial charge in [-0.15, -0.1) is 0 Å². The number of pyridine rings is 1. The van der Waals surface area contributed by atoms with Gasteiger partial charge in [-0.25, -0.2) is 4.79 Å². The Bertz CT molecular complexity index is 986. The Morgan fingerprint density at radius 3 is 2.57 bits per heavy atom. The van der Waals surface area contributed by atoms with E-state index in [1.807, 2.05) is 20.8 Å². The molecule has 1 fully saturated rings. The summed E-state index contributed by atoms with van der Waals surface area (Å²) in [7, 11) is 0. The van der Waals surface area contributed by atoms with E-state index >= 15 is 0 Å². The van der Waals surface area contributed by atoms with Crippen molar-refractivity contribution in [1.29, 1.82) is 0 Å². The van der Waals surface area contributed by atoms with Crippen molar-refractivity contribution in [3.63, 3.8) is 0 Å². The SMILES string of the molecule is CCCCOc1c(C(NC(=O)O)C(C)(C)C)n(CC2CC2)c(=O)c2ccc(O)cc12. The van der Waals surface area contributed by atoms with Crippen LogP contribution in [-0.2, 0) is 6.54 Å². The van der Waals surface area contributed by atoms with Crippen molar-refractivity contribution in [3.8, 4) is 11.5 Å². The minimum Gasteiger partial charge on any atom is -0.508 e. The number of ether oxygens (including phenoxy) is 1. The van der Waals surface area contributed by atoms with Gasteiger partial charge >= 0.3 is 6.09 Å². The fourth-order valence-electron chi connectivity index (χ4n) is 3.74. The van der Waals surface area contributed by atoms with Crippen LogP contribution >= 0.6 is 0 Å². The van der Waals surface area contributed by atoms with Gasteiger partial charge in [-0.3, -0.25) is 4.79 Å². The van der Waals surface area contributed by atoms with E-state index in [1.54, 1.807) is 10.6 Å². The van der Waals surface area contributed by atoms with Crippen LogP contribution in [0.1, 0.15) is 65.1 Å². The van der Waals surface area contributed by atoms with Crippen LogP contribution in [0, 0.1) is 11.3 Å². The fourth-order valence-corrected chi connectivity index (χ4v) is 3.74. The average Bonchev–Trinajstić information content (AvgIpc) is 3.47. The Labute approximate surface area is 176 Å². The molecule has 1 unspecified atom stereocenters. The molecule has 1 saturated carbocycles. The lowest BCUT2D eigenvalue weighted by molar-refractivity contribution is 0.170. The number of rotatable bonds is 8. The van der Waals surface area contributed by atoms with Crippen molar-refractivity contribution in [2.24, 2.45) is 11.3 Å². The average molecular weight is 417 g/mol. The summed E-state index contributed by atoms with van der Waals surface area (Å²) in [4.78, 5) is 25.1. The number of phenolic OH excluding ortho intramolecular Hbond substituents is 1. The van der Waals surface area contributed by atoms with Crippen LogP contribution in [0.4, 0.5) is 4.79 Å². The predicted octanol–water partition coefficient (Wildman–Crippen LogP) is 4.65. The van der Waals surface area contributed by atoms with Crippen LogP contribution in [-0.4, -0.2) is 27.5 Å².